The maximum atomic E-state index is 6.24. The third kappa shape index (κ3) is 4.35. The SMILES string of the molecule is c1ccc2c(c1)oc1ccc(N(c3ccc(-c4ccc5c6ccccc6c6ccccc6c5c4)cc3)c3cccc4sc5ccccc5c34)cc12. The van der Waals surface area contributed by atoms with Gasteiger partial charge in [0.15, 0.2) is 0 Å². The minimum Gasteiger partial charge on any atom is -0.456 e. The number of anilines is 3. The molecule has 0 N–H and O–H groups in total. The van der Waals surface area contributed by atoms with Crippen LogP contribution in [0.1, 0.15) is 0 Å². The highest BCUT2D eigenvalue weighted by Gasteiger charge is 2.20. The first-order chi connectivity index (χ1) is 25.3. The lowest BCUT2D eigenvalue weighted by atomic mass is 9.92. The number of thiophene rings is 1. The number of rotatable bonds is 4. The van der Waals surface area contributed by atoms with Crippen LogP contribution < -0.4 is 4.90 Å². The lowest BCUT2D eigenvalue weighted by Crippen LogP contribution is -2.10. The van der Waals surface area contributed by atoms with Gasteiger partial charge < -0.3 is 9.32 Å². The molecular formula is C48H29NOS. The number of hydrogen-bond donors (Lipinski definition) is 0. The highest BCUT2D eigenvalue weighted by molar-refractivity contribution is 7.26. The predicted octanol–water partition coefficient (Wildman–Crippen LogP) is 14.6. The number of hydrogen-bond acceptors (Lipinski definition) is 3. The minimum atomic E-state index is 0.894. The Bertz CT molecular complexity index is 3110. The summed E-state index contributed by atoms with van der Waals surface area (Å²) in [5.41, 5.74) is 7.55. The fourth-order valence-electron chi connectivity index (χ4n) is 8.11. The molecule has 2 aromatic heterocycles. The van der Waals surface area contributed by atoms with Gasteiger partial charge in [-0.15, -0.1) is 11.3 Å². The molecule has 0 aliphatic heterocycles. The molecule has 0 fully saturated rings. The van der Waals surface area contributed by atoms with Gasteiger partial charge >= 0.3 is 0 Å². The van der Waals surface area contributed by atoms with Crippen molar-refractivity contribution in [3.63, 3.8) is 0 Å². The average Bonchev–Trinajstić information content (AvgIpc) is 3.77. The van der Waals surface area contributed by atoms with Gasteiger partial charge in [0.2, 0.25) is 0 Å². The monoisotopic (exact) mass is 667 g/mol. The summed E-state index contributed by atoms with van der Waals surface area (Å²) in [7, 11) is 0. The van der Waals surface area contributed by atoms with Crippen LogP contribution in [0, 0.1) is 0 Å². The zero-order valence-corrected chi connectivity index (χ0v) is 28.3. The van der Waals surface area contributed by atoms with Crippen LogP contribution >= 0.6 is 11.3 Å². The van der Waals surface area contributed by atoms with Crippen LogP contribution in [0.2, 0.25) is 0 Å². The van der Waals surface area contributed by atoms with E-state index in [-0.39, 0.29) is 0 Å². The molecule has 11 aromatic rings. The second-order valence-electron chi connectivity index (χ2n) is 13.3. The second-order valence-corrected chi connectivity index (χ2v) is 14.3. The van der Waals surface area contributed by atoms with Gasteiger partial charge in [-0.3, -0.25) is 0 Å². The van der Waals surface area contributed by atoms with E-state index < -0.39 is 0 Å². The number of furan rings is 1. The topological polar surface area (TPSA) is 16.4 Å². The van der Waals surface area contributed by atoms with Gasteiger partial charge in [0.05, 0.1) is 5.69 Å². The molecule has 238 valence electrons. The number of fused-ring (bicyclic) bond motifs is 12. The van der Waals surface area contributed by atoms with Gasteiger partial charge in [-0.25, -0.2) is 0 Å². The first-order valence-corrected chi connectivity index (χ1v) is 18.2. The smallest absolute Gasteiger partial charge is 0.135 e. The summed E-state index contributed by atoms with van der Waals surface area (Å²) >= 11 is 1.85. The van der Waals surface area contributed by atoms with Crippen molar-refractivity contribution in [1.29, 1.82) is 0 Å². The molecule has 0 unspecified atom stereocenters. The summed E-state index contributed by atoms with van der Waals surface area (Å²) < 4.78 is 8.82. The number of para-hydroxylation sites is 1. The number of benzene rings is 9. The van der Waals surface area contributed by atoms with E-state index in [0.29, 0.717) is 0 Å². The molecule has 0 radical (unpaired) electrons. The molecule has 0 bridgehead atoms. The third-order valence-corrected chi connectivity index (χ3v) is 11.6. The first kappa shape index (κ1) is 28.4. The molecule has 0 saturated heterocycles. The Morgan fingerprint density at radius 2 is 0.922 bits per heavy atom. The second kappa shape index (κ2) is 11.0. The van der Waals surface area contributed by atoms with Crippen LogP contribution in [0.3, 0.4) is 0 Å². The van der Waals surface area contributed by atoms with Crippen LogP contribution in [0.4, 0.5) is 17.1 Å². The average molecular weight is 668 g/mol. The lowest BCUT2D eigenvalue weighted by molar-refractivity contribution is 0.669. The van der Waals surface area contributed by atoms with Gasteiger partial charge in [0.25, 0.3) is 0 Å². The van der Waals surface area contributed by atoms with E-state index >= 15 is 0 Å². The summed E-state index contributed by atoms with van der Waals surface area (Å²) in [5.74, 6) is 0. The highest BCUT2D eigenvalue weighted by Crippen LogP contribution is 2.46. The van der Waals surface area contributed by atoms with Gasteiger partial charge in [-0.1, -0.05) is 115 Å². The largest absolute Gasteiger partial charge is 0.456 e. The van der Waals surface area contributed by atoms with E-state index in [2.05, 4.69) is 169 Å². The van der Waals surface area contributed by atoms with Crippen LogP contribution in [0.5, 0.6) is 0 Å². The van der Waals surface area contributed by atoms with Crippen molar-refractivity contribution in [3.8, 4) is 11.1 Å². The van der Waals surface area contributed by atoms with E-state index in [1.54, 1.807) is 0 Å². The highest BCUT2D eigenvalue weighted by atomic mass is 32.1. The molecule has 2 heterocycles. The standard InChI is InChI=1S/C48H29NOS/c1-2-12-36-34(10-1)35-11-3-4-13-37(35)41-28-31(22-26-38(36)41)30-20-23-32(24-21-30)49(33-25-27-45-42(29-33)39-14-5-7-17-44(39)50-45)43-16-9-19-47-48(43)40-15-6-8-18-46(40)51-47/h1-29H. The van der Waals surface area contributed by atoms with E-state index in [1.165, 1.54) is 63.6 Å². The van der Waals surface area contributed by atoms with Crippen molar-refractivity contribution in [2.45, 2.75) is 0 Å². The number of nitrogens with zero attached hydrogens (tertiary/aromatic N) is 1. The van der Waals surface area contributed by atoms with Crippen LogP contribution in [-0.4, -0.2) is 0 Å². The van der Waals surface area contributed by atoms with Crippen molar-refractivity contribution in [2.24, 2.45) is 0 Å². The predicted molar refractivity (Wildman–Crippen MR) is 219 cm³/mol. The van der Waals surface area contributed by atoms with Crippen molar-refractivity contribution >= 4 is 103 Å². The fourth-order valence-corrected chi connectivity index (χ4v) is 9.24. The maximum absolute atomic E-state index is 6.24. The van der Waals surface area contributed by atoms with Gasteiger partial charge in [0, 0.05) is 42.3 Å². The molecule has 0 amide bonds. The molecule has 0 atom stereocenters. The summed E-state index contributed by atoms with van der Waals surface area (Å²) in [6.07, 6.45) is 0. The Morgan fingerprint density at radius 1 is 0.353 bits per heavy atom. The zero-order valence-electron chi connectivity index (χ0n) is 27.5. The van der Waals surface area contributed by atoms with E-state index in [4.69, 9.17) is 4.42 Å². The Hall–Kier alpha value is -6.42. The molecule has 0 aliphatic rings. The van der Waals surface area contributed by atoms with E-state index in [9.17, 15) is 0 Å². The summed E-state index contributed by atoms with van der Waals surface area (Å²) in [5, 5.41) is 12.5. The Kier molecular flexibility index (Phi) is 6.16. The normalized spacial score (nSPS) is 11.9. The van der Waals surface area contributed by atoms with Crippen LogP contribution in [0.15, 0.2) is 180 Å². The molecule has 0 aliphatic carbocycles. The molecule has 9 aromatic carbocycles. The Morgan fingerprint density at radius 3 is 1.69 bits per heavy atom. The molecule has 0 saturated carbocycles. The zero-order chi connectivity index (χ0) is 33.5. The van der Waals surface area contributed by atoms with Crippen molar-refractivity contribution in [3.05, 3.63) is 176 Å². The fraction of sp³-hybridized carbons (Fsp3) is 0. The summed E-state index contributed by atoms with van der Waals surface area (Å²) in [4.78, 5) is 2.41. The molecule has 51 heavy (non-hydrogen) atoms. The Balaban J connectivity index is 1.10. The Labute approximate surface area is 298 Å². The van der Waals surface area contributed by atoms with Crippen molar-refractivity contribution < 1.29 is 4.42 Å². The maximum Gasteiger partial charge on any atom is 0.135 e. The molecule has 2 nitrogen and oxygen atoms in total. The summed E-state index contributed by atoms with van der Waals surface area (Å²) in [6, 6.07) is 63.8. The first-order valence-electron chi connectivity index (χ1n) is 17.3. The van der Waals surface area contributed by atoms with Crippen LogP contribution in [-0.2, 0) is 0 Å². The molecule has 3 heteroatoms. The van der Waals surface area contributed by atoms with Gasteiger partial charge in [-0.05, 0) is 104 Å². The summed E-state index contributed by atoms with van der Waals surface area (Å²) in [6.45, 7) is 0. The van der Waals surface area contributed by atoms with E-state index in [1.807, 2.05) is 23.5 Å². The quantitative estimate of drug-likeness (QED) is 0.174. The van der Waals surface area contributed by atoms with Gasteiger partial charge in [0.1, 0.15) is 11.2 Å². The molecule has 11 rings (SSSR count). The van der Waals surface area contributed by atoms with E-state index in [0.717, 1.165) is 39.0 Å². The van der Waals surface area contributed by atoms with Crippen LogP contribution in [0.25, 0.3) is 85.6 Å². The molecular weight excluding hydrogens is 639 g/mol. The lowest BCUT2D eigenvalue weighted by Gasteiger charge is -2.27. The van der Waals surface area contributed by atoms with Crippen molar-refractivity contribution in [1.82, 2.24) is 0 Å². The minimum absolute atomic E-state index is 0.894. The van der Waals surface area contributed by atoms with Crippen molar-refractivity contribution in [2.75, 3.05) is 4.90 Å². The molecule has 0 spiro atoms. The third-order valence-electron chi connectivity index (χ3n) is 10.4. The van der Waals surface area contributed by atoms with Gasteiger partial charge in [-0.2, -0.15) is 0 Å².